The summed E-state index contributed by atoms with van der Waals surface area (Å²) >= 11 is 1.68. The Morgan fingerprint density at radius 3 is 2.70 bits per heavy atom. The standard InChI is InChI=1S/C21H21N3O2S/c1-4-14-9-10-17-15(11-14)19(25)21(26)24(17)12-23(3)13(2)20-22-16-7-5-6-8-18(16)27-20/h5-11,13H,4,12H2,1-3H3/p+1/t13-/m0/s1. The summed E-state index contributed by atoms with van der Waals surface area (Å²) in [5.74, 6) is -0.838. The number of thiazole rings is 1. The van der Waals surface area contributed by atoms with Crippen molar-refractivity contribution in [3.8, 4) is 0 Å². The van der Waals surface area contributed by atoms with Gasteiger partial charge in [-0.2, -0.15) is 0 Å². The second-order valence-corrected chi connectivity index (χ2v) is 8.08. The number of anilines is 1. The van der Waals surface area contributed by atoms with Gasteiger partial charge in [0.25, 0.3) is 5.78 Å². The fraction of sp³-hybridized carbons (Fsp3) is 0.286. The Morgan fingerprint density at radius 2 is 1.96 bits per heavy atom. The number of rotatable bonds is 5. The molecule has 1 unspecified atom stereocenters. The summed E-state index contributed by atoms with van der Waals surface area (Å²) in [7, 11) is 2.03. The van der Waals surface area contributed by atoms with Crippen molar-refractivity contribution in [2.24, 2.45) is 0 Å². The molecule has 5 nitrogen and oxygen atoms in total. The van der Waals surface area contributed by atoms with Crippen LogP contribution in [0.1, 0.15) is 40.8 Å². The summed E-state index contributed by atoms with van der Waals surface area (Å²) in [6, 6.07) is 13.9. The molecule has 0 bridgehead atoms. The van der Waals surface area contributed by atoms with E-state index in [4.69, 9.17) is 4.98 Å². The van der Waals surface area contributed by atoms with Crippen LogP contribution in [0.2, 0.25) is 0 Å². The largest absolute Gasteiger partial charge is 0.312 e. The first-order valence-corrected chi connectivity index (χ1v) is 9.98. The van der Waals surface area contributed by atoms with Gasteiger partial charge in [0.2, 0.25) is 0 Å². The first kappa shape index (κ1) is 17.8. The number of nitrogens with zero attached hydrogens (tertiary/aromatic N) is 2. The molecule has 1 aromatic heterocycles. The maximum Gasteiger partial charge on any atom is 0.303 e. The molecule has 2 aromatic carbocycles. The first-order chi connectivity index (χ1) is 13.0. The second kappa shape index (κ2) is 6.87. The minimum Gasteiger partial charge on any atom is -0.312 e. The van der Waals surface area contributed by atoms with Crippen LogP contribution in [0.15, 0.2) is 42.5 Å². The monoisotopic (exact) mass is 380 g/mol. The van der Waals surface area contributed by atoms with E-state index in [1.165, 1.54) is 0 Å². The Kier molecular flexibility index (Phi) is 4.53. The molecule has 6 heteroatoms. The number of aromatic nitrogens is 1. The molecule has 0 spiro atoms. The minimum atomic E-state index is -0.436. The van der Waals surface area contributed by atoms with Crippen molar-refractivity contribution in [3.63, 3.8) is 0 Å². The van der Waals surface area contributed by atoms with Crippen LogP contribution in [0.4, 0.5) is 5.69 Å². The van der Waals surface area contributed by atoms with Crippen LogP contribution in [-0.2, 0) is 11.2 Å². The molecule has 1 aliphatic rings. The Balaban J connectivity index is 1.58. The van der Waals surface area contributed by atoms with E-state index in [2.05, 4.69) is 13.0 Å². The van der Waals surface area contributed by atoms with Crippen molar-refractivity contribution in [2.75, 3.05) is 18.6 Å². The van der Waals surface area contributed by atoms with Gasteiger partial charge >= 0.3 is 5.91 Å². The molecule has 138 valence electrons. The third kappa shape index (κ3) is 3.05. The van der Waals surface area contributed by atoms with Crippen LogP contribution < -0.4 is 9.80 Å². The number of fused-ring (bicyclic) bond motifs is 2. The lowest BCUT2D eigenvalue weighted by molar-refractivity contribution is -0.908. The molecule has 1 aliphatic heterocycles. The lowest BCUT2D eigenvalue weighted by Gasteiger charge is -2.25. The topological polar surface area (TPSA) is 54.7 Å². The maximum atomic E-state index is 12.5. The number of hydrogen-bond donors (Lipinski definition) is 1. The van der Waals surface area contributed by atoms with Crippen molar-refractivity contribution < 1.29 is 14.5 Å². The number of quaternary nitrogens is 1. The van der Waals surface area contributed by atoms with Gasteiger partial charge in [-0.05, 0) is 43.2 Å². The molecule has 27 heavy (non-hydrogen) atoms. The summed E-state index contributed by atoms with van der Waals surface area (Å²) in [6.45, 7) is 4.58. The van der Waals surface area contributed by atoms with E-state index in [0.29, 0.717) is 12.2 Å². The van der Waals surface area contributed by atoms with Crippen LogP contribution in [0.3, 0.4) is 0 Å². The second-order valence-electron chi connectivity index (χ2n) is 7.01. The van der Waals surface area contributed by atoms with E-state index in [1.54, 1.807) is 16.2 Å². The minimum absolute atomic E-state index is 0.115. The van der Waals surface area contributed by atoms with Crippen molar-refractivity contribution in [1.82, 2.24) is 4.98 Å². The third-order valence-electron chi connectivity index (χ3n) is 5.27. The summed E-state index contributed by atoms with van der Waals surface area (Å²) in [5, 5.41) is 1.04. The molecule has 0 aliphatic carbocycles. The van der Waals surface area contributed by atoms with Crippen molar-refractivity contribution >= 4 is 38.9 Å². The number of benzene rings is 2. The number of carbonyl (C=O) groups is 2. The predicted molar refractivity (Wildman–Crippen MR) is 107 cm³/mol. The predicted octanol–water partition coefficient (Wildman–Crippen LogP) is 2.62. The summed E-state index contributed by atoms with van der Waals surface area (Å²) in [5.41, 5.74) is 3.32. The van der Waals surface area contributed by atoms with E-state index in [0.717, 1.165) is 37.8 Å². The molecule has 2 heterocycles. The van der Waals surface area contributed by atoms with E-state index < -0.39 is 11.7 Å². The van der Waals surface area contributed by atoms with Gasteiger partial charge in [0.05, 0.1) is 28.5 Å². The Morgan fingerprint density at radius 1 is 1.19 bits per heavy atom. The molecule has 0 saturated carbocycles. The number of Topliss-reactive ketones (excluding diaryl/α,β-unsaturated/α-hetero) is 1. The van der Waals surface area contributed by atoms with Crippen molar-refractivity contribution in [3.05, 3.63) is 58.6 Å². The lowest BCUT2D eigenvalue weighted by atomic mass is 10.1. The quantitative estimate of drug-likeness (QED) is 0.693. The Bertz CT molecular complexity index is 1010. The molecule has 0 saturated heterocycles. The third-order valence-corrected chi connectivity index (χ3v) is 6.49. The zero-order valence-electron chi connectivity index (χ0n) is 15.7. The molecule has 0 fully saturated rings. The van der Waals surface area contributed by atoms with Gasteiger partial charge in [0.1, 0.15) is 6.04 Å². The van der Waals surface area contributed by atoms with E-state index in [9.17, 15) is 9.59 Å². The number of nitrogens with one attached hydrogen (secondary N) is 1. The molecule has 1 amide bonds. The highest BCUT2D eigenvalue weighted by atomic mass is 32.1. The summed E-state index contributed by atoms with van der Waals surface area (Å²) < 4.78 is 1.16. The van der Waals surface area contributed by atoms with Gasteiger partial charge in [0, 0.05) is 0 Å². The number of amides is 1. The number of hydrogen-bond acceptors (Lipinski definition) is 4. The van der Waals surface area contributed by atoms with Crippen LogP contribution in [-0.4, -0.2) is 30.4 Å². The highest BCUT2D eigenvalue weighted by molar-refractivity contribution is 7.18. The fourth-order valence-corrected chi connectivity index (χ4v) is 4.51. The van der Waals surface area contributed by atoms with Gasteiger partial charge in [-0.15, -0.1) is 11.3 Å². The fourth-order valence-electron chi connectivity index (χ4n) is 3.40. The smallest absolute Gasteiger partial charge is 0.303 e. The Labute approximate surface area is 162 Å². The van der Waals surface area contributed by atoms with Crippen molar-refractivity contribution in [1.29, 1.82) is 0 Å². The van der Waals surface area contributed by atoms with Crippen molar-refractivity contribution in [2.45, 2.75) is 26.3 Å². The number of aryl methyl sites for hydroxylation is 1. The lowest BCUT2D eigenvalue weighted by Crippen LogP contribution is -3.10. The average Bonchev–Trinajstić information content (AvgIpc) is 3.22. The van der Waals surface area contributed by atoms with Crippen LogP contribution in [0.25, 0.3) is 10.2 Å². The van der Waals surface area contributed by atoms with Crippen LogP contribution in [0, 0.1) is 0 Å². The molecule has 4 rings (SSSR count). The zero-order valence-corrected chi connectivity index (χ0v) is 16.5. The molecular weight excluding hydrogens is 358 g/mol. The van der Waals surface area contributed by atoms with Crippen LogP contribution in [0.5, 0.6) is 0 Å². The average molecular weight is 380 g/mol. The SMILES string of the molecule is CCc1ccc2c(c1)C(=O)C(=O)N2C[NH+](C)[C@@H](C)c1nc2ccccc2s1. The number of ketones is 1. The maximum absolute atomic E-state index is 12.5. The number of para-hydroxylation sites is 1. The van der Waals surface area contributed by atoms with Gasteiger partial charge in [-0.1, -0.05) is 25.1 Å². The molecular formula is C21H22N3O2S+. The van der Waals surface area contributed by atoms with Gasteiger partial charge in [-0.3, -0.25) is 14.5 Å². The van der Waals surface area contributed by atoms with Gasteiger partial charge in [-0.25, -0.2) is 4.98 Å². The van der Waals surface area contributed by atoms with E-state index in [-0.39, 0.29) is 6.04 Å². The molecule has 0 radical (unpaired) electrons. The first-order valence-electron chi connectivity index (χ1n) is 9.16. The highest BCUT2D eigenvalue weighted by Gasteiger charge is 2.38. The Hall–Kier alpha value is -2.57. The number of carbonyl (C=O) groups excluding carboxylic acids is 2. The zero-order chi connectivity index (χ0) is 19.1. The van der Waals surface area contributed by atoms with E-state index >= 15 is 0 Å². The molecule has 2 atom stereocenters. The highest BCUT2D eigenvalue weighted by Crippen LogP contribution is 2.29. The van der Waals surface area contributed by atoms with Crippen LogP contribution >= 0.6 is 11.3 Å². The summed E-state index contributed by atoms with van der Waals surface area (Å²) in [6.07, 6.45) is 0.842. The molecule has 3 aromatic rings. The van der Waals surface area contributed by atoms with E-state index in [1.807, 2.05) is 50.4 Å². The van der Waals surface area contributed by atoms with Gasteiger partial charge in [0.15, 0.2) is 11.7 Å². The normalized spacial score (nSPS) is 16.0. The molecule has 1 N–H and O–H groups in total. The summed E-state index contributed by atoms with van der Waals surface area (Å²) in [4.78, 5) is 32.4. The van der Waals surface area contributed by atoms with Gasteiger partial charge < -0.3 is 4.90 Å².